The molecule has 0 bridgehead atoms. The second-order valence-electron chi connectivity index (χ2n) is 4.09. The van der Waals surface area contributed by atoms with Gasteiger partial charge in [0.1, 0.15) is 5.03 Å². The summed E-state index contributed by atoms with van der Waals surface area (Å²) in [6, 6.07) is 3.17. The molecule has 2 heterocycles. The molecular formula is C13H13N3O2S. The molecule has 5 nitrogen and oxygen atoms in total. The van der Waals surface area contributed by atoms with Crippen molar-refractivity contribution >= 4 is 17.7 Å². The van der Waals surface area contributed by atoms with E-state index in [0.717, 1.165) is 17.0 Å². The van der Waals surface area contributed by atoms with E-state index in [1.54, 1.807) is 6.07 Å². The zero-order valence-electron chi connectivity index (χ0n) is 10.8. The van der Waals surface area contributed by atoms with Crippen molar-refractivity contribution in [1.29, 1.82) is 0 Å². The van der Waals surface area contributed by atoms with Crippen LogP contribution in [0.15, 0.2) is 28.5 Å². The summed E-state index contributed by atoms with van der Waals surface area (Å²) in [5.41, 5.74) is 3.13. The number of nitrogens with zero attached hydrogens (tertiary/aromatic N) is 3. The van der Waals surface area contributed by atoms with Crippen molar-refractivity contribution in [3.8, 4) is 0 Å². The summed E-state index contributed by atoms with van der Waals surface area (Å²) < 4.78 is 0. The Kier molecular flexibility index (Phi) is 3.80. The number of aromatic nitrogens is 3. The summed E-state index contributed by atoms with van der Waals surface area (Å²) in [4.78, 5) is 23.6. The molecule has 2 aromatic rings. The molecule has 0 aliphatic carbocycles. The van der Waals surface area contributed by atoms with Gasteiger partial charge in [0.2, 0.25) is 0 Å². The van der Waals surface area contributed by atoms with Crippen LogP contribution in [-0.2, 0) is 0 Å². The summed E-state index contributed by atoms with van der Waals surface area (Å²) >= 11 is 1.32. The van der Waals surface area contributed by atoms with Crippen LogP contribution in [0.2, 0.25) is 0 Å². The zero-order chi connectivity index (χ0) is 14.0. The van der Waals surface area contributed by atoms with Gasteiger partial charge in [-0.15, -0.1) is 0 Å². The predicted molar refractivity (Wildman–Crippen MR) is 71.6 cm³/mol. The number of pyridine rings is 1. The topological polar surface area (TPSA) is 76.0 Å². The molecule has 0 aliphatic rings. The molecule has 0 amide bonds. The molecule has 0 fully saturated rings. The van der Waals surface area contributed by atoms with Gasteiger partial charge in [0.25, 0.3) is 0 Å². The fourth-order valence-electron chi connectivity index (χ4n) is 1.45. The number of rotatable bonds is 3. The maximum atomic E-state index is 10.7. The van der Waals surface area contributed by atoms with Gasteiger partial charge in [-0.25, -0.2) is 19.7 Å². The van der Waals surface area contributed by atoms with E-state index >= 15 is 0 Å². The maximum Gasteiger partial charge on any atom is 0.337 e. The number of aromatic carboxylic acids is 1. The lowest BCUT2D eigenvalue weighted by atomic mass is 10.2. The third-order valence-corrected chi connectivity index (χ3v) is 3.61. The minimum absolute atomic E-state index is 0.168. The minimum Gasteiger partial charge on any atom is -0.478 e. The lowest BCUT2D eigenvalue weighted by Crippen LogP contribution is -1.99. The highest BCUT2D eigenvalue weighted by Gasteiger charge is 2.08. The number of aryl methyl sites for hydroxylation is 2. The average molecular weight is 275 g/mol. The Morgan fingerprint density at radius 1 is 1.16 bits per heavy atom. The van der Waals surface area contributed by atoms with Crippen molar-refractivity contribution in [2.24, 2.45) is 0 Å². The number of hydrogen-bond donors (Lipinski definition) is 1. The molecular weight excluding hydrogens is 262 g/mol. The van der Waals surface area contributed by atoms with Gasteiger partial charge in [0.15, 0.2) is 5.16 Å². The molecule has 0 spiro atoms. The largest absolute Gasteiger partial charge is 0.478 e. The van der Waals surface area contributed by atoms with E-state index in [4.69, 9.17) is 5.11 Å². The molecule has 0 aliphatic heterocycles. The van der Waals surface area contributed by atoms with E-state index in [2.05, 4.69) is 15.0 Å². The highest BCUT2D eigenvalue weighted by atomic mass is 32.2. The second kappa shape index (κ2) is 5.36. The van der Waals surface area contributed by atoms with Crippen LogP contribution in [0, 0.1) is 20.8 Å². The number of hydrogen-bond acceptors (Lipinski definition) is 5. The number of carbonyl (C=O) groups is 1. The first-order valence-corrected chi connectivity index (χ1v) is 6.48. The van der Waals surface area contributed by atoms with Gasteiger partial charge >= 0.3 is 5.97 Å². The molecule has 6 heteroatoms. The third kappa shape index (κ3) is 3.08. The normalized spacial score (nSPS) is 10.5. The van der Waals surface area contributed by atoms with Crippen LogP contribution >= 0.6 is 11.8 Å². The smallest absolute Gasteiger partial charge is 0.337 e. The Balaban J connectivity index is 2.24. The minimum atomic E-state index is -0.984. The van der Waals surface area contributed by atoms with Crippen LogP contribution in [0.25, 0.3) is 0 Å². The lowest BCUT2D eigenvalue weighted by Gasteiger charge is -2.06. The Morgan fingerprint density at radius 2 is 1.79 bits per heavy atom. The average Bonchev–Trinajstić information content (AvgIpc) is 2.36. The van der Waals surface area contributed by atoms with Crippen LogP contribution in [-0.4, -0.2) is 26.0 Å². The summed E-state index contributed by atoms with van der Waals surface area (Å²) in [6.07, 6.45) is 1.33. The van der Waals surface area contributed by atoms with E-state index in [0.29, 0.717) is 10.2 Å². The van der Waals surface area contributed by atoms with Gasteiger partial charge in [-0.05, 0) is 50.2 Å². The van der Waals surface area contributed by atoms with Crippen LogP contribution < -0.4 is 0 Å². The Bertz CT molecular complexity index is 603. The molecule has 0 saturated carbocycles. The van der Waals surface area contributed by atoms with E-state index < -0.39 is 5.97 Å². The second-order valence-corrected chi connectivity index (χ2v) is 5.08. The molecule has 2 rings (SSSR count). The van der Waals surface area contributed by atoms with E-state index in [1.165, 1.54) is 24.0 Å². The van der Waals surface area contributed by atoms with Crippen LogP contribution in [0.1, 0.15) is 27.3 Å². The van der Waals surface area contributed by atoms with Gasteiger partial charge in [-0.1, -0.05) is 0 Å². The number of carboxylic acid groups (broad SMARTS) is 1. The molecule has 1 N–H and O–H groups in total. The molecule has 0 unspecified atom stereocenters. The highest BCUT2D eigenvalue weighted by molar-refractivity contribution is 7.99. The van der Waals surface area contributed by atoms with Crippen molar-refractivity contribution in [1.82, 2.24) is 15.0 Å². The van der Waals surface area contributed by atoms with Crippen molar-refractivity contribution in [3.63, 3.8) is 0 Å². The first-order chi connectivity index (χ1) is 8.97. The van der Waals surface area contributed by atoms with Crippen molar-refractivity contribution < 1.29 is 9.90 Å². The Hall–Kier alpha value is -1.95. The fraction of sp³-hybridized carbons (Fsp3) is 0.231. The third-order valence-electron chi connectivity index (χ3n) is 2.79. The molecule has 0 aromatic carbocycles. The van der Waals surface area contributed by atoms with Gasteiger partial charge in [-0.2, -0.15) is 0 Å². The Morgan fingerprint density at radius 3 is 2.26 bits per heavy atom. The standard InChI is InChI=1S/C13H13N3O2S/c1-7-8(2)15-13(16-9(7)3)19-11-5-4-10(6-14-11)12(17)18/h4-6H,1-3H3,(H,17,18). The summed E-state index contributed by atoms with van der Waals surface area (Å²) in [5.74, 6) is -0.984. The monoisotopic (exact) mass is 275 g/mol. The van der Waals surface area contributed by atoms with Gasteiger partial charge in [0, 0.05) is 17.6 Å². The van der Waals surface area contributed by atoms with E-state index in [-0.39, 0.29) is 5.56 Å². The zero-order valence-corrected chi connectivity index (χ0v) is 11.7. The van der Waals surface area contributed by atoms with Crippen LogP contribution in [0.5, 0.6) is 0 Å². The maximum absolute atomic E-state index is 10.7. The van der Waals surface area contributed by atoms with E-state index in [1.807, 2.05) is 20.8 Å². The van der Waals surface area contributed by atoms with Crippen LogP contribution in [0.4, 0.5) is 0 Å². The summed E-state index contributed by atoms with van der Waals surface area (Å²) in [6.45, 7) is 5.86. The van der Waals surface area contributed by atoms with Crippen molar-refractivity contribution in [3.05, 3.63) is 40.8 Å². The quantitative estimate of drug-likeness (QED) is 0.868. The van der Waals surface area contributed by atoms with Crippen LogP contribution in [0.3, 0.4) is 0 Å². The number of carboxylic acids is 1. The first kappa shape index (κ1) is 13.5. The lowest BCUT2D eigenvalue weighted by molar-refractivity contribution is 0.0696. The fourth-order valence-corrected chi connectivity index (χ4v) is 2.24. The highest BCUT2D eigenvalue weighted by Crippen LogP contribution is 2.24. The van der Waals surface area contributed by atoms with Crippen molar-refractivity contribution in [2.45, 2.75) is 31.0 Å². The summed E-state index contributed by atoms with van der Waals surface area (Å²) in [7, 11) is 0. The van der Waals surface area contributed by atoms with Gasteiger partial charge in [0.05, 0.1) is 5.56 Å². The SMILES string of the molecule is Cc1nc(Sc2ccc(C(=O)O)cn2)nc(C)c1C. The molecule has 2 aromatic heterocycles. The molecule has 0 saturated heterocycles. The summed E-state index contributed by atoms with van der Waals surface area (Å²) in [5, 5.41) is 10.1. The molecule has 19 heavy (non-hydrogen) atoms. The molecule has 0 radical (unpaired) electrons. The van der Waals surface area contributed by atoms with Gasteiger partial charge < -0.3 is 5.11 Å². The van der Waals surface area contributed by atoms with Gasteiger partial charge in [-0.3, -0.25) is 0 Å². The molecule has 98 valence electrons. The predicted octanol–water partition coefficient (Wildman–Crippen LogP) is 2.65. The Labute approximate surface area is 115 Å². The van der Waals surface area contributed by atoms with Crippen molar-refractivity contribution in [2.75, 3.05) is 0 Å². The van der Waals surface area contributed by atoms with E-state index in [9.17, 15) is 4.79 Å². The first-order valence-electron chi connectivity index (χ1n) is 5.66. The molecule has 0 atom stereocenters.